The standard InChI is InChI=1S/C27H32F3N5/c1-14(2)27(29,30)21-11-9-10-19(25(21)28)15(3)31-26-20-12-23-24(13-22(20)32-18(6)33-26)35(8)17(5)16(4)34(23)7/h9-15,17H,4H2,1-3,5-8H3,(H,31,32,33)/t15-,17+/m1/s1. The number of rotatable bonds is 5. The van der Waals surface area contributed by atoms with Gasteiger partial charge in [-0.05, 0) is 32.9 Å². The molecule has 4 rings (SSSR count). The number of nitrogens with one attached hydrogen (secondary N) is 1. The van der Waals surface area contributed by atoms with Crippen molar-refractivity contribution in [3.63, 3.8) is 0 Å². The summed E-state index contributed by atoms with van der Waals surface area (Å²) < 4.78 is 44.6. The Bertz CT molecular complexity index is 1300. The summed E-state index contributed by atoms with van der Waals surface area (Å²) in [6.07, 6.45) is 0. The number of fused-ring (bicyclic) bond motifs is 2. The minimum absolute atomic E-state index is 0.129. The van der Waals surface area contributed by atoms with E-state index in [1.807, 2.05) is 31.1 Å². The van der Waals surface area contributed by atoms with Crippen LogP contribution in [0.3, 0.4) is 0 Å². The fourth-order valence-corrected chi connectivity index (χ4v) is 4.53. The van der Waals surface area contributed by atoms with Gasteiger partial charge in [0.05, 0.1) is 34.5 Å². The quantitative estimate of drug-likeness (QED) is 0.433. The third kappa shape index (κ3) is 4.09. The lowest BCUT2D eigenvalue weighted by molar-refractivity contribution is -0.0545. The highest BCUT2D eigenvalue weighted by Crippen LogP contribution is 2.42. The lowest BCUT2D eigenvalue weighted by Crippen LogP contribution is -2.41. The molecule has 3 aromatic rings. The summed E-state index contributed by atoms with van der Waals surface area (Å²) in [5.41, 5.74) is 3.24. The van der Waals surface area contributed by atoms with E-state index in [9.17, 15) is 8.78 Å². The van der Waals surface area contributed by atoms with Gasteiger partial charge in [-0.2, -0.15) is 0 Å². The van der Waals surface area contributed by atoms with E-state index in [1.165, 1.54) is 26.0 Å². The van der Waals surface area contributed by atoms with Crippen LogP contribution in [-0.2, 0) is 5.92 Å². The van der Waals surface area contributed by atoms with Crippen LogP contribution in [0.5, 0.6) is 0 Å². The molecule has 0 unspecified atom stereocenters. The molecule has 0 amide bonds. The number of anilines is 3. The zero-order valence-electron chi connectivity index (χ0n) is 21.2. The second-order valence-corrected chi connectivity index (χ2v) is 9.67. The lowest BCUT2D eigenvalue weighted by Gasteiger charge is -2.41. The molecule has 5 nitrogen and oxygen atoms in total. The Kier molecular flexibility index (Phi) is 6.19. The summed E-state index contributed by atoms with van der Waals surface area (Å²) in [6, 6.07) is 7.68. The summed E-state index contributed by atoms with van der Waals surface area (Å²) in [5, 5.41) is 4.01. The Labute approximate surface area is 204 Å². The molecule has 0 radical (unpaired) electrons. The summed E-state index contributed by atoms with van der Waals surface area (Å²) >= 11 is 0. The molecule has 35 heavy (non-hydrogen) atoms. The fraction of sp³-hybridized carbons (Fsp3) is 0.407. The molecule has 1 aliphatic rings. The predicted octanol–water partition coefficient (Wildman–Crippen LogP) is 6.79. The van der Waals surface area contributed by atoms with Gasteiger partial charge >= 0.3 is 0 Å². The first-order chi connectivity index (χ1) is 16.3. The molecular formula is C27H32F3N5. The van der Waals surface area contributed by atoms with Crippen LogP contribution in [0.25, 0.3) is 10.9 Å². The maximum absolute atomic E-state index is 15.3. The smallest absolute Gasteiger partial charge is 0.278 e. The SMILES string of the molecule is C=C1[C@H](C)N(C)c2cc3nc(C)nc(N[C@H](C)c4cccc(C(F)(F)C(C)C)c4F)c3cc2N1C. The molecule has 0 bridgehead atoms. The average molecular weight is 484 g/mol. The zero-order valence-corrected chi connectivity index (χ0v) is 21.2. The number of aromatic nitrogens is 2. The van der Waals surface area contributed by atoms with Crippen molar-refractivity contribution >= 4 is 28.1 Å². The van der Waals surface area contributed by atoms with E-state index < -0.39 is 29.3 Å². The predicted molar refractivity (Wildman–Crippen MR) is 137 cm³/mol. The number of likely N-dealkylation sites (N-methyl/N-ethyl adjacent to an activating group) is 2. The Morgan fingerprint density at radius 2 is 1.77 bits per heavy atom. The molecule has 1 aliphatic heterocycles. The average Bonchev–Trinajstić information content (AvgIpc) is 2.80. The second kappa shape index (κ2) is 8.73. The molecule has 8 heteroatoms. The maximum atomic E-state index is 15.3. The minimum atomic E-state index is -3.27. The van der Waals surface area contributed by atoms with Crippen molar-refractivity contribution < 1.29 is 13.2 Å². The van der Waals surface area contributed by atoms with Gasteiger partial charge in [-0.15, -0.1) is 0 Å². The topological polar surface area (TPSA) is 44.3 Å². The molecule has 0 aliphatic carbocycles. The van der Waals surface area contributed by atoms with E-state index in [4.69, 9.17) is 0 Å². The molecule has 2 atom stereocenters. The van der Waals surface area contributed by atoms with Crippen molar-refractivity contribution in [2.75, 3.05) is 29.2 Å². The molecule has 1 N–H and O–H groups in total. The highest BCUT2D eigenvalue weighted by molar-refractivity contribution is 5.98. The van der Waals surface area contributed by atoms with Crippen molar-refractivity contribution in [2.45, 2.75) is 52.6 Å². The van der Waals surface area contributed by atoms with Crippen molar-refractivity contribution in [1.82, 2.24) is 9.97 Å². The van der Waals surface area contributed by atoms with Gasteiger partial charge in [-0.1, -0.05) is 38.6 Å². The Morgan fingerprint density at radius 3 is 2.43 bits per heavy atom. The summed E-state index contributed by atoms with van der Waals surface area (Å²) in [7, 11) is 3.99. The second-order valence-electron chi connectivity index (χ2n) is 9.67. The Balaban J connectivity index is 1.79. The van der Waals surface area contributed by atoms with Crippen LogP contribution < -0.4 is 15.1 Å². The van der Waals surface area contributed by atoms with Crippen molar-refractivity contribution in [2.24, 2.45) is 5.92 Å². The van der Waals surface area contributed by atoms with Gasteiger partial charge in [0, 0.05) is 36.7 Å². The van der Waals surface area contributed by atoms with E-state index in [1.54, 1.807) is 13.8 Å². The number of halogens is 3. The third-order valence-corrected chi connectivity index (χ3v) is 7.07. The molecular weight excluding hydrogens is 451 g/mol. The van der Waals surface area contributed by atoms with Crippen LogP contribution in [-0.4, -0.2) is 30.1 Å². The number of hydrogen-bond donors (Lipinski definition) is 1. The van der Waals surface area contributed by atoms with E-state index in [0.717, 1.165) is 34.0 Å². The number of hydrogen-bond acceptors (Lipinski definition) is 5. The maximum Gasteiger partial charge on any atom is 0.278 e. The van der Waals surface area contributed by atoms with E-state index in [0.29, 0.717) is 11.6 Å². The van der Waals surface area contributed by atoms with Gasteiger partial charge in [-0.25, -0.2) is 23.1 Å². The molecule has 0 spiro atoms. The van der Waals surface area contributed by atoms with Gasteiger partial charge in [0.2, 0.25) is 0 Å². The van der Waals surface area contributed by atoms with Crippen molar-refractivity contribution in [3.05, 3.63) is 65.4 Å². The lowest BCUT2D eigenvalue weighted by atomic mass is 9.94. The third-order valence-electron chi connectivity index (χ3n) is 7.07. The van der Waals surface area contributed by atoms with Gasteiger partial charge in [0.15, 0.2) is 0 Å². The highest BCUT2D eigenvalue weighted by Gasteiger charge is 2.39. The van der Waals surface area contributed by atoms with Crippen LogP contribution in [0.1, 0.15) is 50.7 Å². The number of benzene rings is 2. The Hall–Kier alpha value is -3.29. The molecule has 186 valence electrons. The molecule has 0 saturated carbocycles. The molecule has 0 fully saturated rings. The van der Waals surface area contributed by atoms with Crippen molar-refractivity contribution in [1.29, 1.82) is 0 Å². The fourth-order valence-electron chi connectivity index (χ4n) is 4.53. The summed E-state index contributed by atoms with van der Waals surface area (Å²) in [4.78, 5) is 13.4. The largest absolute Gasteiger partial charge is 0.365 e. The molecule has 1 aromatic heterocycles. The number of alkyl halides is 2. The molecule has 0 saturated heterocycles. The van der Waals surface area contributed by atoms with Crippen LogP contribution in [0.4, 0.5) is 30.4 Å². The number of nitrogens with zero attached hydrogens (tertiary/aromatic N) is 4. The number of aryl methyl sites for hydroxylation is 1. The summed E-state index contributed by atoms with van der Waals surface area (Å²) in [6.45, 7) is 12.6. The van der Waals surface area contributed by atoms with Gasteiger partial charge in [0.25, 0.3) is 5.92 Å². The molecule has 2 aromatic carbocycles. The van der Waals surface area contributed by atoms with E-state index >= 15 is 4.39 Å². The Morgan fingerprint density at radius 1 is 1.09 bits per heavy atom. The molecule has 2 heterocycles. The van der Waals surface area contributed by atoms with E-state index in [2.05, 4.69) is 33.7 Å². The van der Waals surface area contributed by atoms with Crippen LogP contribution in [0.2, 0.25) is 0 Å². The van der Waals surface area contributed by atoms with Crippen LogP contribution in [0, 0.1) is 18.7 Å². The first kappa shape index (κ1) is 24.8. The summed E-state index contributed by atoms with van der Waals surface area (Å²) in [5.74, 6) is -4.12. The monoisotopic (exact) mass is 483 g/mol. The normalized spacial score (nSPS) is 17.2. The van der Waals surface area contributed by atoms with Gasteiger partial charge < -0.3 is 15.1 Å². The van der Waals surface area contributed by atoms with Crippen LogP contribution >= 0.6 is 0 Å². The highest BCUT2D eigenvalue weighted by atomic mass is 19.3. The first-order valence-electron chi connectivity index (χ1n) is 11.8. The minimum Gasteiger partial charge on any atom is -0.365 e. The van der Waals surface area contributed by atoms with Gasteiger partial charge in [0.1, 0.15) is 17.5 Å². The van der Waals surface area contributed by atoms with E-state index in [-0.39, 0.29) is 11.6 Å². The first-order valence-corrected chi connectivity index (χ1v) is 11.8. The van der Waals surface area contributed by atoms with Crippen LogP contribution in [0.15, 0.2) is 42.6 Å². The zero-order chi connectivity index (χ0) is 25.8. The van der Waals surface area contributed by atoms with Crippen molar-refractivity contribution in [3.8, 4) is 0 Å². The van der Waals surface area contributed by atoms with Gasteiger partial charge in [-0.3, -0.25) is 0 Å².